The van der Waals surface area contributed by atoms with Crippen LogP contribution in [-0.4, -0.2) is 38.7 Å². The number of nitrogens with zero attached hydrogens (tertiary/aromatic N) is 3. The van der Waals surface area contributed by atoms with Gasteiger partial charge in [-0.2, -0.15) is 5.10 Å². The SMILES string of the molecule is Cc1ccc(C)c(-n2ncc(C(=O)N(C)Cc3cc(C(=O)O)c(C)o3)c2C)c1. The van der Waals surface area contributed by atoms with Crippen LogP contribution in [0.1, 0.15) is 49.1 Å². The van der Waals surface area contributed by atoms with Gasteiger partial charge in [0.1, 0.15) is 17.1 Å². The Morgan fingerprint density at radius 2 is 1.86 bits per heavy atom. The van der Waals surface area contributed by atoms with Crippen LogP contribution in [0.25, 0.3) is 5.69 Å². The second-order valence-electron chi connectivity index (χ2n) is 6.99. The van der Waals surface area contributed by atoms with Gasteiger partial charge in [0.05, 0.1) is 29.7 Å². The number of amides is 1. The van der Waals surface area contributed by atoms with Crippen molar-refractivity contribution >= 4 is 11.9 Å². The number of furan rings is 1. The maximum Gasteiger partial charge on any atom is 0.339 e. The minimum Gasteiger partial charge on any atom is -0.478 e. The smallest absolute Gasteiger partial charge is 0.339 e. The predicted molar refractivity (Wildman–Crippen MR) is 104 cm³/mol. The third kappa shape index (κ3) is 3.55. The van der Waals surface area contributed by atoms with Gasteiger partial charge in [-0.15, -0.1) is 0 Å². The minimum atomic E-state index is -1.05. The largest absolute Gasteiger partial charge is 0.478 e. The third-order valence-electron chi connectivity index (χ3n) is 4.77. The van der Waals surface area contributed by atoms with E-state index in [9.17, 15) is 9.59 Å². The molecule has 28 heavy (non-hydrogen) atoms. The second-order valence-corrected chi connectivity index (χ2v) is 6.99. The normalized spacial score (nSPS) is 10.9. The lowest BCUT2D eigenvalue weighted by Crippen LogP contribution is -2.26. The van der Waals surface area contributed by atoms with Crippen LogP contribution in [0.2, 0.25) is 0 Å². The molecule has 0 unspecified atom stereocenters. The van der Waals surface area contributed by atoms with Crippen molar-refractivity contribution < 1.29 is 19.1 Å². The molecule has 0 spiro atoms. The third-order valence-corrected chi connectivity index (χ3v) is 4.77. The van der Waals surface area contributed by atoms with Crippen molar-refractivity contribution in [1.29, 1.82) is 0 Å². The first-order valence-corrected chi connectivity index (χ1v) is 8.89. The molecule has 0 aliphatic heterocycles. The lowest BCUT2D eigenvalue weighted by Gasteiger charge is -2.16. The molecule has 7 nitrogen and oxygen atoms in total. The monoisotopic (exact) mass is 381 g/mol. The van der Waals surface area contributed by atoms with E-state index >= 15 is 0 Å². The summed E-state index contributed by atoms with van der Waals surface area (Å²) in [7, 11) is 1.65. The summed E-state index contributed by atoms with van der Waals surface area (Å²) in [5.41, 5.74) is 4.46. The fourth-order valence-corrected chi connectivity index (χ4v) is 3.16. The van der Waals surface area contributed by atoms with Gasteiger partial charge in [0.15, 0.2) is 0 Å². The average Bonchev–Trinajstić information content (AvgIpc) is 3.19. The van der Waals surface area contributed by atoms with E-state index in [0.717, 1.165) is 22.5 Å². The highest BCUT2D eigenvalue weighted by Crippen LogP contribution is 2.21. The lowest BCUT2D eigenvalue weighted by molar-refractivity contribution is 0.0694. The van der Waals surface area contributed by atoms with Crippen molar-refractivity contribution in [1.82, 2.24) is 14.7 Å². The molecule has 0 aliphatic rings. The molecule has 0 aliphatic carbocycles. The highest BCUT2D eigenvalue weighted by molar-refractivity contribution is 5.95. The molecule has 1 amide bonds. The average molecular weight is 381 g/mol. The molecule has 3 aromatic rings. The number of carboxylic acid groups (broad SMARTS) is 1. The molecule has 0 fully saturated rings. The van der Waals surface area contributed by atoms with Crippen LogP contribution < -0.4 is 0 Å². The number of benzene rings is 1. The van der Waals surface area contributed by atoms with Gasteiger partial charge >= 0.3 is 5.97 Å². The maximum absolute atomic E-state index is 12.9. The Morgan fingerprint density at radius 3 is 2.50 bits per heavy atom. The Balaban J connectivity index is 1.85. The van der Waals surface area contributed by atoms with E-state index in [1.807, 2.05) is 39.0 Å². The summed E-state index contributed by atoms with van der Waals surface area (Å²) >= 11 is 0. The number of aromatic carboxylic acids is 1. The molecule has 1 N–H and O–H groups in total. The fraction of sp³-hybridized carbons (Fsp3) is 0.286. The van der Waals surface area contributed by atoms with Gasteiger partial charge in [-0.3, -0.25) is 4.79 Å². The van der Waals surface area contributed by atoms with E-state index in [1.165, 1.54) is 11.0 Å². The summed E-state index contributed by atoms with van der Waals surface area (Å²) in [5, 5.41) is 13.5. The first-order chi connectivity index (χ1) is 13.2. The minimum absolute atomic E-state index is 0.106. The van der Waals surface area contributed by atoms with Gasteiger partial charge < -0.3 is 14.4 Å². The van der Waals surface area contributed by atoms with Crippen LogP contribution in [0.3, 0.4) is 0 Å². The van der Waals surface area contributed by atoms with Crippen molar-refractivity contribution in [3.8, 4) is 5.69 Å². The van der Waals surface area contributed by atoms with E-state index in [1.54, 1.807) is 24.9 Å². The van der Waals surface area contributed by atoms with Gasteiger partial charge in [0.25, 0.3) is 5.91 Å². The molecule has 0 atom stereocenters. The predicted octanol–water partition coefficient (Wildman–Crippen LogP) is 3.67. The summed E-state index contributed by atoms with van der Waals surface area (Å²) in [6.07, 6.45) is 1.56. The lowest BCUT2D eigenvalue weighted by atomic mass is 10.1. The molecule has 2 aromatic heterocycles. The summed E-state index contributed by atoms with van der Waals surface area (Å²) in [6.45, 7) is 7.63. The van der Waals surface area contributed by atoms with Crippen LogP contribution in [0.4, 0.5) is 0 Å². The van der Waals surface area contributed by atoms with Crippen molar-refractivity contribution in [3.63, 3.8) is 0 Å². The molecule has 1 aromatic carbocycles. The second kappa shape index (κ2) is 7.34. The number of carbonyl (C=O) groups excluding carboxylic acids is 1. The van der Waals surface area contributed by atoms with Crippen LogP contribution in [0.15, 0.2) is 34.9 Å². The molecular formula is C21H23N3O4. The zero-order valence-corrected chi connectivity index (χ0v) is 16.6. The van der Waals surface area contributed by atoms with Crippen molar-refractivity contribution in [2.45, 2.75) is 34.2 Å². The van der Waals surface area contributed by atoms with Crippen LogP contribution in [-0.2, 0) is 6.54 Å². The van der Waals surface area contributed by atoms with Gasteiger partial charge in [0.2, 0.25) is 0 Å². The Bertz CT molecular complexity index is 1060. The number of hydrogen-bond donors (Lipinski definition) is 1. The Labute approximate surface area is 163 Å². The number of aromatic nitrogens is 2. The molecule has 0 saturated carbocycles. The molecular weight excluding hydrogens is 358 g/mol. The first-order valence-electron chi connectivity index (χ1n) is 8.89. The zero-order valence-electron chi connectivity index (χ0n) is 16.6. The molecule has 7 heteroatoms. The van der Waals surface area contributed by atoms with Gasteiger partial charge in [-0.1, -0.05) is 12.1 Å². The summed E-state index contributed by atoms with van der Waals surface area (Å²) in [4.78, 5) is 25.6. The van der Waals surface area contributed by atoms with Crippen molar-refractivity contribution in [3.05, 3.63) is 69.9 Å². The Hall–Kier alpha value is -3.35. The summed E-state index contributed by atoms with van der Waals surface area (Å²) in [6, 6.07) is 7.55. The summed E-state index contributed by atoms with van der Waals surface area (Å²) < 4.78 is 7.24. The topological polar surface area (TPSA) is 88.6 Å². The highest BCUT2D eigenvalue weighted by Gasteiger charge is 2.21. The van der Waals surface area contributed by atoms with E-state index in [2.05, 4.69) is 5.10 Å². The Kier molecular flexibility index (Phi) is 5.09. The molecule has 3 rings (SSSR count). The van der Waals surface area contributed by atoms with Crippen LogP contribution in [0, 0.1) is 27.7 Å². The van der Waals surface area contributed by atoms with E-state index in [4.69, 9.17) is 9.52 Å². The number of carbonyl (C=O) groups is 2. The summed E-state index contributed by atoms with van der Waals surface area (Å²) in [5.74, 6) is -0.514. The number of carboxylic acids is 1. The van der Waals surface area contributed by atoms with E-state index < -0.39 is 5.97 Å². The maximum atomic E-state index is 12.9. The molecule has 0 bridgehead atoms. The highest BCUT2D eigenvalue weighted by atomic mass is 16.4. The van der Waals surface area contributed by atoms with Gasteiger partial charge in [-0.25, -0.2) is 9.48 Å². The van der Waals surface area contributed by atoms with Crippen LogP contribution >= 0.6 is 0 Å². The first kappa shape index (κ1) is 19.4. The molecule has 2 heterocycles. The van der Waals surface area contributed by atoms with Crippen LogP contribution in [0.5, 0.6) is 0 Å². The van der Waals surface area contributed by atoms with Gasteiger partial charge in [0, 0.05) is 7.05 Å². The zero-order chi connectivity index (χ0) is 20.6. The quantitative estimate of drug-likeness (QED) is 0.728. The van der Waals surface area contributed by atoms with Crippen molar-refractivity contribution in [2.24, 2.45) is 0 Å². The van der Waals surface area contributed by atoms with E-state index in [0.29, 0.717) is 17.1 Å². The number of hydrogen-bond acceptors (Lipinski definition) is 4. The molecule has 0 radical (unpaired) electrons. The molecule has 146 valence electrons. The molecule has 0 saturated heterocycles. The fourth-order valence-electron chi connectivity index (χ4n) is 3.16. The van der Waals surface area contributed by atoms with Gasteiger partial charge in [-0.05, 0) is 51.0 Å². The number of aryl methyl sites for hydroxylation is 3. The van der Waals surface area contributed by atoms with E-state index in [-0.39, 0.29) is 18.0 Å². The standard InChI is InChI=1S/C21H23N3O4/c1-12-6-7-13(2)19(8-12)24-14(3)18(10-22-24)20(25)23(5)11-16-9-17(21(26)27)15(4)28-16/h6-10H,11H2,1-5H3,(H,26,27). The van der Waals surface area contributed by atoms with Crippen molar-refractivity contribution in [2.75, 3.05) is 7.05 Å². The Morgan fingerprint density at radius 1 is 1.14 bits per heavy atom. The number of rotatable bonds is 5.